The molecule has 1 saturated heterocycles. The summed E-state index contributed by atoms with van der Waals surface area (Å²) < 4.78 is 11.3. The lowest BCUT2D eigenvalue weighted by Crippen LogP contribution is -2.41. The molecule has 23 heavy (non-hydrogen) atoms. The fraction of sp³-hybridized carbons (Fsp3) is 1.00. The van der Waals surface area contributed by atoms with Gasteiger partial charge in [0.05, 0.1) is 0 Å². The quantitative estimate of drug-likeness (QED) is 0.470. The Morgan fingerprint density at radius 3 is 1.22 bits per heavy atom. The van der Waals surface area contributed by atoms with E-state index in [-0.39, 0.29) is 0 Å². The predicted molar refractivity (Wildman–Crippen MR) is 84.9 cm³/mol. The smallest absolute Gasteiger partial charge is 0.246 e. The van der Waals surface area contributed by atoms with E-state index in [4.69, 9.17) is 28.7 Å². The van der Waals surface area contributed by atoms with Crippen LogP contribution in [0.25, 0.3) is 0 Å². The lowest BCUT2D eigenvalue weighted by atomic mass is 10.1. The predicted octanol–water partition coefficient (Wildman–Crippen LogP) is 4.65. The molecular weight excluding hydrogens is 316 g/mol. The van der Waals surface area contributed by atoms with Crippen LogP contribution in [0.5, 0.6) is 0 Å². The van der Waals surface area contributed by atoms with Crippen LogP contribution >= 0.6 is 0 Å². The summed E-state index contributed by atoms with van der Waals surface area (Å²) in [4.78, 5) is 23.3. The summed E-state index contributed by atoms with van der Waals surface area (Å²) >= 11 is 0. The van der Waals surface area contributed by atoms with Crippen LogP contribution in [0, 0.1) is 0 Å². The Balaban J connectivity index is 1.79. The fourth-order valence-corrected chi connectivity index (χ4v) is 4.15. The molecule has 7 heteroatoms. The van der Waals surface area contributed by atoms with Crippen molar-refractivity contribution in [1.82, 2.24) is 0 Å². The second kappa shape index (κ2) is 7.47. The highest BCUT2D eigenvalue weighted by molar-refractivity contribution is 6.64. The van der Waals surface area contributed by atoms with Gasteiger partial charge in [0.15, 0.2) is 0 Å². The number of hydrogen-bond donors (Lipinski definition) is 0. The summed E-state index contributed by atoms with van der Waals surface area (Å²) in [6.45, 7) is 3.82. The zero-order valence-corrected chi connectivity index (χ0v) is 15.4. The van der Waals surface area contributed by atoms with Gasteiger partial charge in [0.25, 0.3) is 0 Å². The Labute approximate surface area is 139 Å². The molecule has 1 heterocycles. The Morgan fingerprint density at radius 2 is 0.870 bits per heavy atom. The van der Waals surface area contributed by atoms with Gasteiger partial charge in [0, 0.05) is 25.7 Å². The van der Waals surface area contributed by atoms with Crippen LogP contribution < -0.4 is 0 Å². The van der Waals surface area contributed by atoms with Crippen molar-refractivity contribution in [2.45, 2.75) is 102 Å². The van der Waals surface area contributed by atoms with Crippen molar-refractivity contribution in [2.75, 3.05) is 0 Å². The molecule has 2 aliphatic carbocycles. The Kier molecular flexibility index (Phi) is 5.78. The molecule has 0 aromatic heterocycles. The van der Waals surface area contributed by atoms with Crippen molar-refractivity contribution in [1.29, 1.82) is 0 Å². The Hall–Kier alpha value is -0.0231. The molecule has 2 saturated carbocycles. The first-order valence-electron chi connectivity index (χ1n) is 9.14. The van der Waals surface area contributed by atoms with Crippen molar-refractivity contribution in [3.63, 3.8) is 0 Å². The van der Waals surface area contributed by atoms with E-state index in [1.165, 1.54) is 25.7 Å². The average Bonchev–Trinajstić information content (AvgIpc) is 2.90. The van der Waals surface area contributed by atoms with E-state index in [0.717, 1.165) is 51.4 Å². The van der Waals surface area contributed by atoms with Gasteiger partial charge in [0.2, 0.25) is 11.6 Å². The third-order valence-electron chi connectivity index (χ3n) is 4.86. The molecule has 3 aliphatic rings. The Morgan fingerprint density at radius 1 is 0.522 bits per heavy atom. The highest BCUT2D eigenvalue weighted by Crippen LogP contribution is 2.39. The normalized spacial score (nSPS) is 31.6. The molecule has 0 aromatic carbocycles. The molecule has 3 fully saturated rings. The van der Waals surface area contributed by atoms with E-state index in [1.54, 1.807) is 0 Å². The van der Waals surface area contributed by atoms with E-state index in [1.807, 2.05) is 13.1 Å². The second-order valence-electron chi connectivity index (χ2n) is 7.55. The van der Waals surface area contributed by atoms with Crippen LogP contribution in [0.4, 0.5) is 0 Å². The molecule has 0 aromatic rings. The molecule has 134 valence electrons. The molecule has 6 nitrogen and oxygen atoms in total. The maximum absolute atomic E-state index is 5.88. The highest BCUT2D eigenvalue weighted by Gasteiger charge is 2.47. The molecule has 1 aliphatic heterocycles. The van der Waals surface area contributed by atoms with Gasteiger partial charge in [0.1, 0.15) is 0 Å². The first-order valence-corrected chi connectivity index (χ1v) is 12.0. The molecule has 0 atom stereocenters. The summed E-state index contributed by atoms with van der Waals surface area (Å²) in [5.41, 5.74) is 0. The van der Waals surface area contributed by atoms with Gasteiger partial charge in [-0.3, -0.25) is 0 Å². The van der Waals surface area contributed by atoms with Gasteiger partial charge in [-0.25, -0.2) is 18.9 Å². The zero-order chi connectivity index (χ0) is 16.2. The van der Waals surface area contributed by atoms with Crippen LogP contribution in [0.2, 0.25) is 13.1 Å². The maximum atomic E-state index is 5.88. The van der Waals surface area contributed by atoms with Crippen molar-refractivity contribution >= 4 is 8.56 Å². The maximum Gasteiger partial charge on any atom is 0.404 e. The molecule has 2 spiro atoms. The van der Waals surface area contributed by atoms with Crippen LogP contribution in [-0.4, -0.2) is 20.1 Å². The SMILES string of the molecule is C[Si]1(C)OOC2(CCCCCC2)OOC2(CCCCCC2)OO1. The van der Waals surface area contributed by atoms with Crippen LogP contribution in [0.3, 0.4) is 0 Å². The van der Waals surface area contributed by atoms with E-state index in [9.17, 15) is 0 Å². The first-order chi connectivity index (χ1) is 11.0. The van der Waals surface area contributed by atoms with Crippen molar-refractivity contribution < 1.29 is 28.7 Å². The van der Waals surface area contributed by atoms with Crippen molar-refractivity contribution in [3.8, 4) is 0 Å². The first kappa shape index (κ1) is 17.8. The summed E-state index contributed by atoms with van der Waals surface area (Å²) in [6, 6.07) is 0. The van der Waals surface area contributed by atoms with E-state index < -0.39 is 20.1 Å². The van der Waals surface area contributed by atoms with Gasteiger partial charge in [-0.05, 0) is 38.8 Å². The minimum atomic E-state index is -2.56. The van der Waals surface area contributed by atoms with E-state index >= 15 is 0 Å². The molecule has 0 bridgehead atoms. The highest BCUT2D eigenvalue weighted by atomic mass is 28.4. The monoisotopic (exact) mass is 346 g/mol. The average molecular weight is 346 g/mol. The molecule has 3 rings (SSSR count). The van der Waals surface area contributed by atoms with Gasteiger partial charge < -0.3 is 0 Å². The van der Waals surface area contributed by atoms with Crippen LogP contribution in [0.1, 0.15) is 77.0 Å². The standard InChI is InChI=1S/C16H30O6Si/c1-23(2)21-19-15(11-7-3-4-8-12-15)17-18-16(20-22-23)13-9-5-6-10-14-16/h3-14H2,1-2H3. The summed E-state index contributed by atoms with van der Waals surface area (Å²) in [5.74, 6) is -1.67. The summed E-state index contributed by atoms with van der Waals surface area (Å²) in [7, 11) is -2.56. The summed E-state index contributed by atoms with van der Waals surface area (Å²) in [5, 5.41) is 0. The number of hydrogen-bond acceptors (Lipinski definition) is 6. The lowest BCUT2D eigenvalue weighted by Gasteiger charge is -2.34. The third-order valence-corrected chi connectivity index (χ3v) is 5.83. The zero-order valence-electron chi connectivity index (χ0n) is 14.4. The van der Waals surface area contributed by atoms with E-state index in [2.05, 4.69) is 0 Å². The van der Waals surface area contributed by atoms with Gasteiger partial charge in [-0.1, -0.05) is 25.7 Å². The molecule has 0 unspecified atom stereocenters. The molecule has 0 amide bonds. The van der Waals surface area contributed by atoms with Crippen LogP contribution in [-0.2, 0) is 28.7 Å². The second-order valence-corrected chi connectivity index (χ2v) is 10.7. The minimum absolute atomic E-state index is 0.771. The number of rotatable bonds is 0. The lowest BCUT2D eigenvalue weighted by molar-refractivity contribution is -0.551. The van der Waals surface area contributed by atoms with E-state index in [0.29, 0.717) is 0 Å². The Bertz CT molecular complexity index is 339. The van der Waals surface area contributed by atoms with Gasteiger partial charge in [-0.15, -0.1) is 0 Å². The molecular formula is C16H30O6Si. The van der Waals surface area contributed by atoms with Crippen LogP contribution in [0.15, 0.2) is 0 Å². The topological polar surface area (TPSA) is 55.4 Å². The van der Waals surface area contributed by atoms with Gasteiger partial charge >= 0.3 is 8.56 Å². The van der Waals surface area contributed by atoms with Crippen molar-refractivity contribution in [3.05, 3.63) is 0 Å². The van der Waals surface area contributed by atoms with Gasteiger partial charge in [-0.2, -0.15) is 9.78 Å². The van der Waals surface area contributed by atoms with Crippen molar-refractivity contribution in [2.24, 2.45) is 0 Å². The summed E-state index contributed by atoms with van der Waals surface area (Å²) in [6.07, 6.45) is 12.0. The largest absolute Gasteiger partial charge is 0.404 e. The molecule has 0 N–H and O–H groups in total. The fourth-order valence-electron chi connectivity index (χ4n) is 3.41. The minimum Gasteiger partial charge on any atom is -0.246 e. The third kappa shape index (κ3) is 4.75. The molecule has 0 radical (unpaired) electrons.